The van der Waals surface area contributed by atoms with Crippen LogP contribution in [-0.2, 0) is 9.84 Å². The maximum Gasteiger partial charge on any atom is 0.176 e. The molecule has 0 radical (unpaired) electrons. The first kappa shape index (κ1) is 14.7. The van der Waals surface area contributed by atoms with E-state index < -0.39 is 9.84 Å². The Morgan fingerprint density at radius 2 is 1.90 bits per heavy atom. The lowest BCUT2D eigenvalue weighted by molar-refractivity contribution is 0.0935. The Balaban J connectivity index is 1.98. The highest BCUT2D eigenvalue weighted by Crippen LogP contribution is 2.08. The van der Waals surface area contributed by atoms with Crippen molar-refractivity contribution >= 4 is 15.6 Å². The zero-order valence-corrected chi connectivity index (χ0v) is 11.9. The van der Waals surface area contributed by atoms with E-state index in [1.54, 1.807) is 24.3 Å². The highest BCUT2D eigenvalue weighted by atomic mass is 32.2. The molecule has 1 fully saturated rings. The van der Waals surface area contributed by atoms with Gasteiger partial charge < -0.3 is 0 Å². The second-order valence-corrected chi connectivity index (χ2v) is 7.20. The fourth-order valence-corrected chi connectivity index (χ4v) is 3.48. The van der Waals surface area contributed by atoms with Crippen LogP contribution in [0.25, 0.3) is 0 Å². The van der Waals surface area contributed by atoms with Crippen molar-refractivity contribution in [3.8, 4) is 6.07 Å². The number of nitrogens with zero attached hydrogens (tertiary/aromatic N) is 2. The number of benzene rings is 1. The molecular formula is C14H16N2O3S. The molecular weight excluding hydrogens is 276 g/mol. The lowest BCUT2D eigenvalue weighted by atomic mass is 10.1. The standard InChI is InChI=1S/C14H16N2O3S/c15-10-12-2-4-13(5-3-12)14(17)11-16-6-1-8-20(18,19)9-7-16/h2-5H,1,6-9,11H2. The van der Waals surface area contributed by atoms with Crippen LogP contribution in [0.5, 0.6) is 0 Å². The molecule has 1 saturated heterocycles. The average molecular weight is 292 g/mol. The van der Waals surface area contributed by atoms with Crippen molar-refractivity contribution in [1.29, 1.82) is 5.26 Å². The quantitative estimate of drug-likeness (QED) is 0.772. The Hall–Kier alpha value is -1.71. The number of hydrogen-bond donors (Lipinski definition) is 0. The molecule has 0 aliphatic carbocycles. The number of carbonyl (C=O) groups excluding carboxylic acids is 1. The van der Waals surface area contributed by atoms with Gasteiger partial charge in [-0.2, -0.15) is 5.26 Å². The van der Waals surface area contributed by atoms with Crippen LogP contribution in [-0.4, -0.2) is 50.2 Å². The SMILES string of the molecule is N#Cc1ccc(C(=O)CN2CCCS(=O)(=O)CC2)cc1. The summed E-state index contributed by atoms with van der Waals surface area (Å²) in [6, 6.07) is 8.49. The summed E-state index contributed by atoms with van der Waals surface area (Å²) in [5.74, 6) is 0.274. The number of hydrogen-bond acceptors (Lipinski definition) is 5. The topological polar surface area (TPSA) is 78.2 Å². The van der Waals surface area contributed by atoms with E-state index in [0.717, 1.165) is 0 Å². The molecule has 106 valence electrons. The zero-order valence-electron chi connectivity index (χ0n) is 11.1. The van der Waals surface area contributed by atoms with Gasteiger partial charge in [0.25, 0.3) is 0 Å². The van der Waals surface area contributed by atoms with Crippen LogP contribution in [0, 0.1) is 11.3 Å². The molecule has 1 aliphatic rings. The lowest BCUT2D eigenvalue weighted by Gasteiger charge is -2.17. The lowest BCUT2D eigenvalue weighted by Crippen LogP contribution is -2.32. The third kappa shape index (κ3) is 3.89. The maximum atomic E-state index is 12.1. The fraction of sp³-hybridized carbons (Fsp3) is 0.429. The van der Waals surface area contributed by atoms with Crippen LogP contribution < -0.4 is 0 Å². The van der Waals surface area contributed by atoms with Gasteiger partial charge in [-0.15, -0.1) is 0 Å². The monoisotopic (exact) mass is 292 g/mol. The van der Waals surface area contributed by atoms with Crippen molar-refractivity contribution < 1.29 is 13.2 Å². The first-order valence-corrected chi connectivity index (χ1v) is 8.28. The van der Waals surface area contributed by atoms with E-state index in [1.165, 1.54) is 0 Å². The highest BCUT2D eigenvalue weighted by Gasteiger charge is 2.20. The van der Waals surface area contributed by atoms with E-state index in [1.807, 2.05) is 11.0 Å². The van der Waals surface area contributed by atoms with E-state index in [2.05, 4.69) is 0 Å². The molecule has 1 aromatic rings. The van der Waals surface area contributed by atoms with Crippen LogP contribution in [0.1, 0.15) is 22.3 Å². The summed E-state index contributed by atoms with van der Waals surface area (Å²) < 4.78 is 23.0. The van der Waals surface area contributed by atoms with Gasteiger partial charge in [0.05, 0.1) is 29.7 Å². The normalized spacial score (nSPS) is 18.9. The van der Waals surface area contributed by atoms with E-state index >= 15 is 0 Å². The minimum absolute atomic E-state index is 0.0474. The van der Waals surface area contributed by atoms with Gasteiger partial charge in [-0.1, -0.05) is 12.1 Å². The van der Waals surface area contributed by atoms with Gasteiger partial charge in [0.2, 0.25) is 0 Å². The van der Waals surface area contributed by atoms with Gasteiger partial charge in [0, 0.05) is 12.1 Å². The highest BCUT2D eigenvalue weighted by molar-refractivity contribution is 7.91. The van der Waals surface area contributed by atoms with Gasteiger partial charge in [0.1, 0.15) is 0 Å². The van der Waals surface area contributed by atoms with Gasteiger partial charge >= 0.3 is 0 Å². The summed E-state index contributed by atoms with van der Waals surface area (Å²) in [4.78, 5) is 14.0. The number of ketones is 1. The van der Waals surface area contributed by atoms with Crippen LogP contribution in [0.15, 0.2) is 24.3 Å². The molecule has 20 heavy (non-hydrogen) atoms. The van der Waals surface area contributed by atoms with Crippen molar-refractivity contribution in [3.63, 3.8) is 0 Å². The van der Waals surface area contributed by atoms with E-state index in [0.29, 0.717) is 30.6 Å². The third-order valence-electron chi connectivity index (χ3n) is 3.35. The summed E-state index contributed by atoms with van der Waals surface area (Å²) in [5, 5.41) is 8.71. The van der Waals surface area contributed by atoms with Crippen LogP contribution in [0.3, 0.4) is 0 Å². The smallest absolute Gasteiger partial charge is 0.176 e. The first-order chi connectivity index (χ1) is 9.50. The minimum atomic E-state index is -2.95. The molecule has 0 atom stereocenters. The molecule has 0 amide bonds. The van der Waals surface area contributed by atoms with Gasteiger partial charge in [-0.3, -0.25) is 9.69 Å². The Morgan fingerprint density at radius 3 is 2.55 bits per heavy atom. The van der Waals surface area contributed by atoms with E-state index in [-0.39, 0.29) is 23.8 Å². The predicted octanol–water partition coefficient (Wildman–Crippen LogP) is 0.861. The second kappa shape index (κ2) is 6.16. The molecule has 0 saturated carbocycles. The number of sulfone groups is 1. The van der Waals surface area contributed by atoms with Crippen molar-refractivity contribution in [2.45, 2.75) is 6.42 Å². The molecule has 0 spiro atoms. The largest absolute Gasteiger partial charge is 0.295 e. The zero-order chi connectivity index (χ0) is 14.6. The Bertz CT molecular complexity index is 629. The molecule has 1 aromatic carbocycles. The third-order valence-corrected chi connectivity index (χ3v) is 5.07. The molecule has 1 heterocycles. The van der Waals surface area contributed by atoms with Crippen LogP contribution in [0.4, 0.5) is 0 Å². The number of nitriles is 1. The van der Waals surface area contributed by atoms with Crippen LogP contribution in [0.2, 0.25) is 0 Å². The Morgan fingerprint density at radius 1 is 1.20 bits per heavy atom. The molecule has 1 aliphatic heterocycles. The Labute approximate surface area is 118 Å². The summed E-state index contributed by atoms with van der Waals surface area (Å²) >= 11 is 0. The van der Waals surface area contributed by atoms with Gasteiger partial charge in [0.15, 0.2) is 15.6 Å². The fourth-order valence-electron chi connectivity index (χ4n) is 2.17. The molecule has 5 nitrogen and oxygen atoms in total. The van der Waals surface area contributed by atoms with Gasteiger partial charge in [-0.25, -0.2) is 8.42 Å². The summed E-state index contributed by atoms with van der Waals surface area (Å²) in [6.07, 6.45) is 0.572. The van der Waals surface area contributed by atoms with Crippen molar-refractivity contribution in [1.82, 2.24) is 4.90 Å². The summed E-state index contributed by atoms with van der Waals surface area (Å²) in [5.41, 5.74) is 1.07. The Kier molecular flexibility index (Phi) is 4.53. The molecule has 0 bridgehead atoms. The van der Waals surface area contributed by atoms with Crippen molar-refractivity contribution in [2.75, 3.05) is 31.1 Å². The molecule has 6 heteroatoms. The maximum absolute atomic E-state index is 12.1. The minimum Gasteiger partial charge on any atom is -0.295 e. The molecule has 0 aromatic heterocycles. The molecule has 2 rings (SSSR count). The number of carbonyl (C=O) groups is 1. The van der Waals surface area contributed by atoms with Crippen LogP contribution >= 0.6 is 0 Å². The van der Waals surface area contributed by atoms with E-state index in [9.17, 15) is 13.2 Å². The second-order valence-electron chi connectivity index (χ2n) is 4.89. The number of Topliss-reactive ketones (excluding diaryl/α,β-unsaturated/α-hetero) is 1. The van der Waals surface area contributed by atoms with E-state index in [4.69, 9.17) is 5.26 Å². The molecule has 0 N–H and O–H groups in total. The first-order valence-electron chi connectivity index (χ1n) is 6.46. The summed E-state index contributed by atoms with van der Waals surface area (Å²) in [7, 11) is -2.95. The van der Waals surface area contributed by atoms with Crippen molar-refractivity contribution in [2.24, 2.45) is 0 Å². The van der Waals surface area contributed by atoms with Gasteiger partial charge in [-0.05, 0) is 25.1 Å². The van der Waals surface area contributed by atoms with Crippen molar-refractivity contribution in [3.05, 3.63) is 35.4 Å². The number of rotatable bonds is 3. The average Bonchev–Trinajstić information content (AvgIpc) is 2.60. The molecule has 0 unspecified atom stereocenters. The summed E-state index contributed by atoms with van der Waals surface area (Å²) in [6.45, 7) is 1.26. The predicted molar refractivity (Wildman–Crippen MR) is 75.2 cm³/mol.